The van der Waals surface area contributed by atoms with E-state index in [1.807, 2.05) is 29.1 Å². The summed E-state index contributed by atoms with van der Waals surface area (Å²) in [4.78, 5) is 30.0. The van der Waals surface area contributed by atoms with Gasteiger partial charge in [0.15, 0.2) is 5.65 Å². The van der Waals surface area contributed by atoms with E-state index in [0.717, 1.165) is 40.1 Å². The van der Waals surface area contributed by atoms with E-state index in [9.17, 15) is 4.79 Å². The Morgan fingerprint density at radius 2 is 1.85 bits per heavy atom. The minimum absolute atomic E-state index is 0.173. The SMILES string of the molecule is CC1C[C@H]2CC[C@@H](C1)N2c1cnc2c(-c3ccc4ncn(C)c(=O)c4c3Cl)cn(COCC[Si](C)(C)C)c2n1. The number of hydrogen-bond acceptors (Lipinski definition) is 6. The summed E-state index contributed by atoms with van der Waals surface area (Å²) in [5, 5.41) is 0.795. The van der Waals surface area contributed by atoms with Gasteiger partial charge in [-0.25, -0.2) is 15.0 Å². The molecule has 3 aromatic heterocycles. The Hall–Kier alpha value is -2.75. The van der Waals surface area contributed by atoms with Crippen LogP contribution in [0.1, 0.15) is 32.6 Å². The van der Waals surface area contributed by atoms with E-state index in [0.29, 0.717) is 41.3 Å². The van der Waals surface area contributed by atoms with Crippen molar-refractivity contribution in [2.75, 3.05) is 11.5 Å². The normalized spacial score (nSPS) is 21.4. The van der Waals surface area contributed by atoms with Crippen molar-refractivity contribution in [1.82, 2.24) is 24.1 Å². The van der Waals surface area contributed by atoms with Crippen LogP contribution in [0.5, 0.6) is 0 Å². The van der Waals surface area contributed by atoms with Crippen molar-refractivity contribution in [3.05, 3.63) is 46.2 Å². The van der Waals surface area contributed by atoms with E-state index in [1.165, 1.54) is 36.6 Å². The van der Waals surface area contributed by atoms with Crippen molar-refractivity contribution in [2.45, 2.75) is 77.1 Å². The van der Waals surface area contributed by atoms with Gasteiger partial charge in [-0.05, 0) is 43.7 Å². The highest BCUT2D eigenvalue weighted by Crippen LogP contribution is 2.42. The predicted octanol–water partition coefficient (Wildman–Crippen LogP) is 6.08. The number of aromatic nitrogens is 5. The number of aryl methyl sites for hydroxylation is 1. The van der Waals surface area contributed by atoms with Gasteiger partial charge in [-0.2, -0.15) is 0 Å². The molecule has 8 nitrogen and oxygen atoms in total. The fourth-order valence-electron chi connectivity index (χ4n) is 6.29. The number of benzene rings is 1. The maximum absolute atomic E-state index is 13.0. The fourth-order valence-corrected chi connectivity index (χ4v) is 7.38. The van der Waals surface area contributed by atoms with Crippen LogP contribution in [0.25, 0.3) is 33.2 Å². The number of piperidine rings is 1. The first-order valence-electron chi connectivity index (χ1n) is 14.0. The van der Waals surface area contributed by atoms with E-state index < -0.39 is 8.07 Å². The van der Waals surface area contributed by atoms with E-state index in [-0.39, 0.29) is 5.56 Å². The summed E-state index contributed by atoms with van der Waals surface area (Å²) in [5.74, 6) is 1.69. The summed E-state index contributed by atoms with van der Waals surface area (Å²) < 4.78 is 9.66. The second-order valence-electron chi connectivity index (χ2n) is 12.6. The Morgan fingerprint density at radius 3 is 2.56 bits per heavy atom. The Bertz CT molecular complexity index is 1600. The molecule has 0 amide bonds. The lowest BCUT2D eigenvalue weighted by atomic mass is 9.92. The number of halogens is 1. The Labute approximate surface area is 235 Å². The highest BCUT2D eigenvalue weighted by atomic mass is 35.5. The van der Waals surface area contributed by atoms with Gasteiger partial charge in [0.2, 0.25) is 0 Å². The predicted molar refractivity (Wildman–Crippen MR) is 160 cm³/mol. The highest BCUT2D eigenvalue weighted by Gasteiger charge is 2.40. The van der Waals surface area contributed by atoms with Crippen LogP contribution in [0.15, 0.2) is 35.6 Å². The van der Waals surface area contributed by atoms with Crippen LogP contribution < -0.4 is 10.5 Å². The van der Waals surface area contributed by atoms with Crippen LogP contribution in [0.2, 0.25) is 30.7 Å². The molecule has 2 aliphatic rings. The first-order valence-corrected chi connectivity index (χ1v) is 18.1. The number of rotatable bonds is 7. The molecule has 10 heteroatoms. The highest BCUT2D eigenvalue weighted by molar-refractivity contribution is 6.76. The van der Waals surface area contributed by atoms with Gasteiger partial charge in [0.05, 0.1) is 28.4 Å². The molecule has 2 bridgehead atoms. The fraction of sp³-hybridized carbons (Fsp3) is 0.517. The average Bonchev–Trinajstić information content (AvgIpc) is 3.37. The van der Waals surface area contributed by atoms with Gasteiger partial charge in [0.1, 0.15) is 18.1 Å². The van der Waals surface area contributed by atoms with Gasteiger partial charge in [0, 0.05) is 51.1 Å². The molecule has 2 fully saturated rings. The summed E-state index contributed by atoms with van der Waals surface area (Å²) in [7, 11) is 0.474. The lowest BCUT2D eigenvalue weighted by molar-refractivity contribution is 0.0899. The molecule has 4 aromatic rings. The summed E-state index contributed by atoms with van der Waals surface area (Å²) in [5.41, 5.74) is 3.53. The second kappa shape index (κ2) is 10.0. The number of nitrogens with zero attached hydrogens (tertiary/aromatic N) is 6. The Balaban J connectivity index is 1.44. The molecule has 2 saturated heterocycles. The van der Waals surface area contributed by atoms with Crippen molar-refractivity contribution in [2.24, 2.45) is 13.0 Å². The summed E-state index contributed by atoms with van der Waals surface area (Å²) in [6.45, 7) is 10.5. The number of ether oxygens (including phenoxy) is 1. The summed E-state index contributed by atoms with van der Waals surface area (Å²) in [6.07, 6.45) is 10.3. The molecule has 0 N–H and O–H groups in total. The van der Waals surface area contributed by atoms with Gasteiger partial charge >= 0.3 is 0 Å². The molecule has 2 aliphatic heterocycles. The number of hydrogen-bond donors (Lipinski definition) is 0. The molecule has 0 aliphatic carbocycles. The Morgan fingerprint density at radius 1 is 1.10 bits per heavy atom. The van der Waals surface area contributed by atoms with Crippen molar-refractivity contribution in [3.63, 3.8) is 0 Å². The van der Waals surface area contributed by atoms with Crippen LogP contribution in [0.4, 0.5) is 5.82 Å². The number of fused-ring (bicyclic) bond motifs is 4. The minimum atomic E-state index is -1.21. The van der Waals surface area contributed by atoms with Crippen molar-refractivity contribution in [3.8, 4) is 11.1 Å². The van der Waals surface area contributed by atoms with Crippen LogP contribution >= 0.6 is 11.6 Å². The smallest absolute Gasteiger partial charge is 0.262 e. The summed E-state index contributed by atoms with van der Waals surface area (Å²) in [6, 6.07) is 5.92. The maximum atomic E-state index is 13.0. The molecule has 206 valence electrons. The standard InChI is InChI=1S/C29H37ClN6O2Si/c1-18-12-19-6-7-20(13-18)36(19)24-14-31-27-22(15-35(28(27)33-24)17-38-10-11-39(3,4)5)21-8-9-23-25(26(21)30)29(37)34(2)16-32-23/h8-9,14-16,18-20H,6-7,10-13,17H2,1-5H3/t18?,19-,20+. The first kappa shape index (κ1) is 26.5. The zero-order valence-corrected chi connectivity index (χ0v) is 25.2. The Kier molecular flexibility index (Phi) is 6.80. The molecule has 1 unspecified atom stereocenters. The van der Waals surface area contributed by atoms with Crippen LogP contribution in [0, 0.1) is 5.92 Å². The monoisotopic (exact) mass is 564 g/mol. The second-order valence-corrected chi connectivity index (χ2v) is 18.6. The van der Waals surface area contributed by atoms with E-state index in [2.05, 4.69) is 36.4 Å². The molecule has 0 saturated carbocycles. The average molecular weight is 565 g/mol. The molecule has 6 rings (SSSR count). The van der Waals surface area contributed by atoms with Gasteiger partial charge < -0.3 is 18.8 Å². The molecule has 0 radical (unpaired) electrons. The van der Waals surface area contributed by atoms with Crippen molar-refractivity contribution < 1.29 is 4.74 Å². The minimum Gasteiger partial charge on any atom is -0.361 e. The molecule has 3 atom stereocenters. The van der Waals surface area contributed by atoms with Gasteiger partial charge in [-0.3, -0.25) is 4.79 Å². The van der Waals surface area contributed by atoms with E-state index in [4.69, 9.17) is 26.3 Å². The van der Waals surface area contributed by atoms with Crippen LogP contribution in [-0.2, 0) is 18.5 Å². The third kappa shape index (κ3) is 4.89. The number of anilines is 1. The third-order valence-corrected chi connectivity index (χ3v) is 10.4. The third-order valence-electron chi connectivity index (χ3n) is 8.33. The topological polar surface area (TPSA) is 78.1 Å². The quantitative estimate of drug-likeness (QED) is 0.200. The van der Waals surface area contributed by atoms with Gasteiger partial charge in [0.25, 0.3) is 5.56 Å². The molecule has 1 aromatic carbocycles. The zero-order valence-electron chi connectivity index (χ0n) is 23.4. The zero-order chi connectivity index (χ0) is 27.5. The van der Waals surface area contributed by atoms with E-state index >= 15 is 0 Å². The maximum Gasteiger partial charge on any atom is 0.262 e. The molecular weight excluding hydrogens is 528 g/mol. The molecule has 5 heterocycles. The molecular formula is C29H37ClN6O2Si. The largest absolute Gasteiger partial charge is 0.361 e. The van der Waals surface area contributed by atoms with Gasteiger partial charge in [-0.1, -0.05) is 44.2 Å². The van der Waals surface area contributed by atoms with Crippen LogP contribution in [-0.4, -0.2) is 50.9 Å². The lowest BCUT2D eigenvalue weighted by Crippen LogP contribution is -2.43. The van der Waals surface area contributed by atoms with Crippen molar-refractivity contribution >= 4 is 47.6 Å². The van der Waals surface area contributed by atoms with Gasteiger partial charge in [-0.15, -0.1) is 0 Å². The molecule has 39 heavy (non-hydrogen) atoms. The van der Waals surface area contributed by atoms with Crippen molar-refractivity contribution in [1.29, 1.82) is 0 Å². The summed E-state index contributed by atoms with van der Waals surface area (Å²) >= 11 is 6.91. The molecule has 0 spiro atoms. The first-order chi connectivity index (χ1) is 18.6. The lowest BCUT2D eigenvalue weighted by Gasteiger charge is -2.38. The van der Waals surface area contributed by atoms with E-state index in [1.54, 1.807) is 7.05 Å². The van der Waals surface area contributed by atoms with Crippen LogP contribution in [0.3, 0.4) is 0 Å².